The number of amides is 1. The number of carbonyl (C=O) groups is 1. The molecule has 2 aromatic rings. The number of amidine groups is 1. The number of likely N-dealkylation sites (N-methyl/N-ethyl adjacent to an activating group) is 1. The van der Waals surface area contributed by atoms with Gasteiger partial charge in [-0.2, -0.15) is 0 Å². The van der Waals surface area contributed by atoms with Gasteiger partial charge in [-0.1, -0.05) is 35.9 Å². The van der Waals surface area contributed by atoms with Gasteiger partial charge < -0.3 is 4.74 Å². The maximum absolute atomic E-state index is 12.5. The molecule has 0 saturated carbocycles. The summed E-state index contributed by atoms with van der Waals surface area (Å²) in [4.78, 5) is 19.3. The van der Waals surface area contributed by atoms with Crippen molar-refractivity contribution in [3.05, 3.63) is 69.6 Å². The second kappa shape index (κ2) is 9.11. The molecule has 1 aliphatic rings. The summed E-state index contributed by atoms with van der Waals surface area (Å²) in [5.74, 6) is 0.790. The van der Waals surface area contributed by atoms with Crippen LogP contribution in [0.25, 0.3) is 6.08 Å². The van der Waals surface area contributed by atoms with Crippen LogP contribution in [0.15, 0.2) is 58.4 Å². The normalized spacial score (nSPS) is 17.1. The Morgan fingerprint density at radius 3 is 2.44 bits per heavy atom. The number of thioether (sulfide) groups is 1. The molecular weight excluding hydrogens is 380 g/mol. The number of rotatable bonds is 6. The zero-order valence-corrected chi connectivity index (χ0v) is 16.9. The first-order chi connectivity index (χ1) is 13.1. The predicted octanol–water partition coefficient (Wildman–Crippen LogP) is 5.23. The zero-order valence-electron chi connectivity index (χ0n) is 15.3. The fourth-order valence-corrected chi connectivity index (χ4v) is 3.83. The lowest BCUT2D eigenvalue weighted by Crippen LogP contribution is -2.28. The first-order valence-corrected chi connectivity index (χ1v) is 10.0. The smallest absolute Gasteiger partial charge is 0.266 e. The maximum Gasteiger partial charge on any atom is 0.266 e. The van der Waals surface area contributed by atoms with Crippen LogP contribution in [0.4, 0.5) is 0 Å². The molecular formula is C21H21ClN2O2S. The Labute approximate surface area is 168 Å². The van der Waals surface area contributed by atoms with Crippen molar-refractivity contribution in [2.45, 2.75) is 20.5 Å². The molecule has 1 saturated heterocycles. The van der Waals surface area contributed by atoms with Gasteiger partial charge in [-0.15, -0.1) is 0 Å². The molecule has 2 aromatic carbocycles. The Hall–Kier alpha value is -2.24. The summed E-state index contributed by atoms with van der Waals surface area (Å²) in [5, 5.41) is 1.49. The molecule has 27 heavy (non-hydrogen) atoms. The molecule has 4 nitrogen and oxygen atoms in total. The Bertz CT molecular complexity index is 861. The van der Waals surface area contributed by atoms with E-state index in [-0.39, 0.29) is 5.91 Å². The van der Waals surface area contributed by atoms with Crippen LogP contribution in [-0.2, 0) is 11.4 Å². The monoisotopic (exact) mass is 400 g/mol. The highest BCUT2D eigenvalue weighted by molar-refractivity contribution is 8.18. The molecule has 140 valence electrons. The molecule has 0 aliphatic carbocycles. The number of hydrogen-bond acceptors (Lipinski definition) is 4. The minimum Gasteiger partial charge on any atom is -0.489 e. The summed E-state index contributed by atoms with van der Waals surface area (Å²) >= 11 is 7.32. The van der Waals surface area contributed by atoms with E-state index in [0.717, 1.165) is 22.0 Å². The molecule has 1 heterocycles. The molecule has 0 unspecified atom stereocenters. The number of nitrogens with zero attached hydrogens (tertiary/aromatic N) is 2. The van der Waals surface area contributed by atoms with Crippen molar-refractivity contribution in [2.24, 2.45) is 4.99 Å². The van der Waals surface area contributed by atoms with Crippen molar-refractivity contribution >= 4 is 40.5 Å². The van der Waals surface area contributed by atoms with E-state index >= 15 is 0 Å². The van der Waals surface area contributed by atoms with Crippen LogP contribution < -0.4 is 4.74 Å². The molecule has 0 spiro atoms. The first-order valence-electron chi connectivity index (χ1n) is 8.84. The molecule has 0 aromatic heterocycles. The average molecular weight is 401 g/mol. The number of aliphatic imine (C=N–C) groups is 1. The van der Waals surface area contributed by atoms with Crippen LogP contribution in [0, 0.1) is 0 Å². The van der Waals surface area contributed by atoms with Crippen molar-refractivity contribution < 1.29 is 9.53 Å². The largest absolute Gasteiger partial charge is 0.489 e. The number of hydrogen-bond donors (Lipinski definition) is 0. The van der Waals surface area contributed by atoms with Gasteiger partial charge in [-0.25, -0.2) is 0 Å². The molecule has 0 N–H and O–H groups in total. The van der Waals surface area contributed by atoms with E-state index in [1.165, 1.54) is 11.8 Å². The third-order valence-electron chi connectivity index (χ3n) is 3.99. The van der Waals surface area contributed by atoms with E-state index in [4.69, 9.17) is 16.3 Å². The molecule has 3 rings (SSSR count). The van der Waals surface area contributed by atoms with Crippen LogP contribution in [0.5, 0.6) is 5.75 Å². The Morgan fingerprint density at radius 2 is 1.81 bits per heavy atom. The van der Waals surface area contributed by atoms with E-state index in [1.54, 1.807) is 4.90 Å². The highest BCUT2D eigenvalue weighted by Crippen LogP contribution is 2.32. The lowest BCUT2D eigenvalue weighted by Gasteiger charge is -2.11. The average Bonchev–Trinajstić information content (AvgIpc) is 2.97. The quantitative estimate of drug-likeness (QED) is 0.623. The summed E-state index contributed by atoms with van der Waals surface area (Å²) in [6, 6.07) is 15.3. The van der Waals surface area contributed by atoms with Gasteiger partial charge in [-0.05, 0) is 67.1 Å². The van der Waals surface area contributed by atoms with Crippen molar-refractivity contribution in [1.29, 1.82) is 0 Å². The zero-order chi connectivity index (χ0) is 19.2. The fraction of sp³-hybridized carbons (Fsp3) is 0.238. The standard InChI is InChI=1S/C21H21ClN2O2S/c1-3-23-21-24(4-2)20(25)19(27-21)13-15-7-11-18(12-8-15)26-14-16-5-9-17(22)10-6-16/h5-13H,3-4,14H2,1-2H3. The minimum atomic E-state index is 0.0118. The SMILES string of the molecule is CCN=C1SC(=Cc2ccc(OCc3ccc(Cl)cc3)cc2)C(=O)N1CC. The summed E-state index contributed by atoms with van der Waals surface area (Å²) in [7, 11) is 0. The Balaban J connectivity index is 1.66. The van der Waals surface area contributed by atoms with E-state index < -0.39 is 0 Å². The van der Waals surface area contributed by atoms with Gasteiger partial charge in [0, 0.05) is 18.1 Å². The van der Waals surface area contributed by atoms with Gasteiger partial charge in [0.1, 0.15) is 12.4 Å². The minimum absolute atomic E-state index is 0.0118. The second-order valence-electron chi connectivity index (χ2n) is 5.90. The van der Waals surface area contributed by atoms with Crippen molar-refractivity contribution in [3.63, 3.8) is 0 Å². The van der Waals surface area contributed by atoms with Crippen LogP contribution in [0.3, 0.4) is 0 Å². The van der Waals surface area contributed by atoms with E-state index in [0.29, 0.717) is 29.6 Å². The number of carbonyl (C=O) groups excluding carboxylic acids is 1. The molecule has 0 bridgehead atoms. The van der Waals surface area contributed by atoms with E-state index in [1.807, 2.05) is 68.5 Å². The van der Waals surface area contributed by atoms with Gasteiger partial charge in [0.15, 0.2) is 5.17 Å². The van der Waals surface area contributed by atoms with Gasteiger partial charge >= 0.3 is 0 Å². The predicted molar refractivity (Wildman–Crippen MR) is 113 cm³/mol. The summed E-state index contributed by atoms with van der Waals surface area (Å²) in [6.45, 7) is 5.70. The van der Waals surface area contributed by atoms with Crippen LogP contribution in [0.2, 0.25) is 5.02 Å². The Kier molecular flexibility index (Phi) is 6.58. The summed E-state index contributed by atoms with van der Waals surface area (Å²) in [6.07, 6.45) is 1.90. The van der Waals surface area contributed by atoms with Crippen LogP contribution in [-0.4, -0.2) is 29.1 Å². The van der Waals surface area contributed by atoms with Crippen LogP contribution in [0.1, 0.15) is 25.0 Å². The molecule has 1 fully saturated rings. The van der Waals surface area contributed by atoms with Crippen molar-refractivity contribution in [2.75, 3.05) is 13.1 Å². The number of halogens is 1. The summed E-state index contributed by atoms with van der Waals surface area (Å²) < 4.78 is 5.80. The molecule has 1 aliphatic heterocycles. The van der Waals surface area contributed by atoms with Crippen molar-refractivity contribution in [1.82, 2.24) is 4.90 Å². The number of benzene rings is 2. The third-order valence-corrected chi connectivity index (χ3v) is 5.29. The van der Waals surface area contributed by atoms with E-state index in [9.17, 15) is 4.79 Å². The summed E-state index contributed by atoms with van der Waals surface area (Å²) in [5.41, 5.74) is 2.01. The topological polar surface area (TPSA) is 41.9 Å². The molecule has 1 amide bonds. The first kappa shape index (κ1) is 19.5. The van der Waals surface area contributed by atoms with Gasteiger partial charge in [0.2, 0.25) is 0 Å². The molecule has 6 heteroatoms. The molecule has 0 radical (unpaired) electrons. The highest BCUT2D eigenvalue weighted by Gasteiger charge is 2.31. The van der Waals surface area contributed by atoms with Gasteiger partial charge in [0.25, 0.3) is 5.91 Å². The van der Waals surface area contributed by atoms with Gasteiger partial charge in [-0.3, -0.25) is 14.7 Å². The highest BCUT2D eigenvalue weighted by atomic mass is 35.5. The second-order valence-corrected chi connectivity index (χ2v) is 7.35. The lowest BCUT2D eigenvalue weighted by molar-refractivity contribution is -0.122. The Morgan fingerprint density at radius 1 is 1.11 bits per heavy atom. The fourth-order valence-electron chi connectivity index (χ4n) is 2.60. The lowest BCUT2D eigenvalue weighted by atomic mass is 10.2. The molecule has 0 atom stereocenters. The van der Waals surface area contributed by atoms with Crippen molar-refractivity contribution in [3.8, 4) is 5.75 Å². The maximum atomic E-state index is 12.5. The number of ether oxygens (including phenoxy) is 1. The van der Waals surface area contributed by atoms with Crippen LogP contribution >= 0.6 is 23.4 Å². The van der Waals surface area contributed by atoms with Gasteiger partial charge in [0.05, 0.1) is 4.91 Å². The van der Waals surface area contributed by atoms with E-state index in [2.05, 4.69) is 4.99 Å². The third kappa shape index (κ3) is 4.93.